The molecule has 3 aromatic rings. The number of amides is 1. The summed E-state index contributed by atoms with van der Waals surface area (Å²) < 4.78 is 2.06. The van der Waals surface area contributed by atoms with E-state index in [1.54, 1.807) is 24.3 Å². The first-order valence-corrected chi connectivity index (χ1v) is 6.88. The third-order valence-corrected chi connectivity index (χ3v) is 3.69. The zero-order valence-electron chi connectivity index (χ0n) is 11.8. The van der Waals surface area contributed by atoms with Gasteiger partial charge in [-0.1, -0.05) is 24.3 Å². The molecule has 0 aliphatic carbocycles. The fourth-order valence-electron chi connectivity index (χ4n) is 2.48. The smallest absolute Gasteiger partial charge is 0.423 e. The van der Waals surface area contributed by atoms with Crippen molar-refractivity contribution in [1.82, 2.24) is 4.57 Å². The molecule has 6 heteroatoms. The van der Waals surface area contributed by atoms with Crippen LogP contribution in [0.15, 0.2) is 54.7 Å². The van der Waals surface area contributed by atoms with Crippen LogP contribution in [0, 0.1) is 0 Å². The first kappa shape index (κ1) is 14.4. The van der Waals surface area contributed by atoms with Gasteiger partial charge in [0.15, 0.2) is 0 Å². The summed E-state index contributed by atoms with van der Waals surface area (Å²) in [6.45, 7) is 0.654. The first-order valence-electron chi connectivity index (χ1n) is 6.88. The van der Waals surface area contributed by atoms with Crippen LogP contribution in [-0.2, 0) is 6.54 Å². The third-order valence-electron chi connectivity index (χ3n) is 3.69. The van der Waals surface area contributed by atoms with E-state index in [2.05, 4.69) is 4.57 Å². The standard InChI is InChI=1S/C16H15BN2O3/c18-16(20)13-3-6-15-12(9-13)7-8-19(15)10-11-1-4-14(5-2-11)17(21)22/h1-9,21-22H,10H2,(H2,18,20). The minimum Gasteiger partial charge on any atom is -0.423 e. The lowest BCUT2D eigenvalue weighted by Gasteiger charge is -2.07. The van der Waals surface area contributed by atoms with Gasteiger partial charge in [-0.25, -0.2) is 0 Å². The van der Waals surface area contributed by atoms with Gasteiger partial charge < -0.3 is 20.3 Å². The lowest BCUT2D eigenvalue weighted by atomic mass is 9.80. The molecule has 0 aliphatic rings. The average molecular weight is 294 g/mol. The van der Waals surface area contributed by atoms with Crippen molar-refractivity contribution >= 4 is 29.4 Å². The zero-order chi connectivity index (χ0) is 15.7. The van der Waals surface area contributed by atoms with E-state index in [1.165, 1.54) is 0 Å². The molecule has 22 heavy (non-hydrogen) atoms. The summed E-state index contributed by atoms with van der Waals surface area (Å²) in [7, 11) is -1.45. The maximum atomic E-state index is 11.2. The molecule has 0 bridgehead atoms. The Morgan fingerprint density at radius 3 is 2.45 bits per heavy atom. The highest BCUT2D eigenvalue weighted by atomic mass is 16.4. The second kappa shape index (κ2) is 5.67. The van der Waals surface area contributed by atoms with E-state index in [1.807, 2.05) is 30.5 Å². The molecule has 0 aliphatic heterocycles. The average Bonchev–Trinajstić information content (AvgIpc) is 2.90. The summed E-state index contributed by atoms with van der Waals surface area (Å²) in [5.41, 5.74) is 8.30. The van der Waals surface area contributed by atoms with Crippen LogP contribution in [0.25, 0.3) is 10.9 Å². The van der Waals surface area contributed by atoms with Crippen molar-refractivity contribution < 1.29 is 14.8 Å². The van der Waals surface area contributed by atoms with E-state index in [9.17, 15) is 4.79 Å². The Balaban J connectivity index is 1.89. The number of hydrogen-bond donors (Lipinski definition) is 3. The highest BCUT2D eigenvalue weighted by molar-refractivity contribution is 6.58. The zero-order valence-corrected chi connectivity index (χ0v) is 11.8. The van der Waals surface area contributed by atoms with Crippen molar-refractivity contribution in [1.29, 1.82) is 0 Å². The number of fused-ring (bicyclic) bond motifs is 1. The van der Waals surface area contributed by atoms with E-state index in [-0.39, 0.29) is 0 Å². The fraction of sp³-hybridized carbons (Fsp3) is 0.0625. The molecular weight excluding hydrogens is 279 g/mol. The summed E-state index contributed by atoms with van der Waals surface area (Å²) in [6.07, 6.45) is 1.95. The molecule has 4 N–H and O–H groups in total. The molecule has 0 saturated carbocycles. The molecule has 3 rings (SSSR count). The van der Waals surface area contributed by atoms with Crippen molar-refractivity contribution in [3.05, 3.63) is 65.9 Å². The Bertz CT molecular complexity index is 825. The van der Waals surface area contributed by atoms with Crippen LogP contribution in [0.5, 0.6) is 0 Å². The van der Waals surface area contributed by atoms with Crippen LogP contribution < -0.4 is 11.2 Å². The van der Waals surface area contributed by atoms with Crippen molar-refractivity contribution in [3.63, 3.8) is 0 Å². The molecule has 5 nitrogen and oxygen atoms in total. The first-order chi connectivity index (χ1) is 10.5. The number of carbonyl (C=O) groups excluding carboxylic acids is 1. The van der Waals surface area contributed by atoms with Gasteiger partial charge >= 0.3 is 7.12 Å². The Kier molecular flexibility index (Phi) is 3.71. The molecule has 0 atom stereocenters. The number of benzene rings is 2. The molecule has 110 valence electrons. The number of nitrogens with zero attached hydrogens (tertiary/aromatic N) is 1. The lowest BCUT2D eigenvalue weighted by Crippen LogP contribution is -2.29. The number of primary amides is 1. The largest absolute Gasteiger partial charge is 0.488 e. The Labute approximate surface area is 127 Å². The third kappa shape index (κ3) is 2.74. The number of rotatable bonds is 4. The topological polar surface area (TPSA) is 88.5 Å². The molecular formula is C16H15BN2O3. The molecule has 0 fully saturated rings. The van der Waals surface area contributed by atoms with Crippen molar-refractivity contribution in [2.24, 2.45) is 5.73 Å². The number of aromatic nitrogens is 1. The second-order valence-electron chi connectivity index (χ2n) is 5.20. The van der Waals surface area contributed by atoms with Crippen LogP contribution in [-0.4, -0.2) is 27.6 Å². The summed E-state index contributed by atoms with van der Waals surface area (Å²) in [5.74, 6) is -0.437. The number of nitrogens with two attached hydrogens (primary N) is 1. The Morgan fingerprint density at radius 1 is 1.09 bits per heavy atom. The van der Waals surface area contributed by atoms with Crippen LogP contribution >= 0.6 is 0 Å². The summed E-state index contributed by atoms with van der Waals surface area (Å²) in [4.78, 5) is 11.2. The van der Waals surface area contributed by atoms with Gasteiger partial charge in [-0.3, -0.25) is 4.79 Å². The van der Waals surface area contributed by atoms with E-state index >= 15 is 0 Å². The Morgan fingerprint density at radius 2 is 1.82 bits per heavy atom. The van der Waals surface area contributed by atoms with E-state index < -0.39 is 13.0 Å². The molecule has 0 spiro atoms. The predicted octanol–water partition coefficient (Wildman–Crippen LogP) is 0.468. The van der Waals surface area contributed by atoms with Gasteiger partial charge in [0, 0.05) is 29.2 Å². The monoisotopic (exact) mass is 294 g/mol. The summed E-state index contributed by atoms with van der Waals surface area (Å²) in [6, 6.07) is 14.4. The second-order valence-corrected chi connectivity index (χ2v) is 5.20. The van der Waals surface area contributed by atoms with Crippen LogP contribution in [0.1, 0.15) is 15.9 Å². The number of carbonyl (C=O) groups is 1. The fourth-order valence-corrected chi connectivity index (χ4v) is 2.48. The van der Waals surface area contributed by atoms with Gasteiger partial charge in [0.25, 0.3) is 0 Å². The van der Waals surface area contributed by atoms with Crippen LogP contribution in [0.3, 0.4) is 0 Å². The molecule has 1 aromatic heterocycles. The minimum atomic E-state index is -1.45. The quantitative estimate of drug-likeness (QED) is 0.611. The molecule has 1 heterocycles. The molecule has 0 unspecified atom stereocenters. The van der Waals surface area contributed by atoms with E-state index in [0.717, 1.165) is 16.5 Å². The van der Waals surface area contributed by atoms with Crippen LogP contribution in [0.2, 0.25) is 0 Å². The van der Waals surface area contributed by atoms with Gasteiger partial charge in [-0.15, -0.1) is 0 Å². The SMILES string of the molecule is NC(=O)c1ccc2c(ccn2Cc2ccc(B(O)O)cc2)c1. The molecule has 1 amide bonds. The molecule has 0 saturated heterocycles. The van der Waals surface area contributed by atoms with Gasteiger partial charge in [0.1, 0.15) is 0 Å². The van der Waals surface area contributed by atoms with Gasteiger partial charge in [-0.05, 0) is 35.3 Å². The van der Waals surface area contributed by atoms with Crippen molar-refractivity contribution in [2.75, 3.05) is 0 Å². The number of hydrogen-bond acceptors (Lipinski definition) is 3. The predicted molar refractivity (Wildman–Crippen MR) is 85.8 cm³/mol. The van der Waals surface area contributed by atoms with E-state index in [0.29, 0.717) is 17.6 Å². The van der Waals surface area contributed by atoms with Gasteiger partial charge in [0.05, 0.1) is 0 Å². The Hall–Kier alpha value is -2.57. The highest BCUT2D eigenvalue weighted by Gasteiger charge is 2.10. The minimum absolute atomic E-state index is 0.437. The molecule has 2 aromatic carbocycles. The normalized spacial score (nSPS) is 10.8. The van der Waals surface area contributed by atoms with Crippen LogP contribution in [0.4, 0.5) is 0 Å². The maximum absolute atomic E-state index is 11.2. The van der Waals surface area contributed by atoms with Crippen molar-refractivity contribution in [3.8, 4) is 0 Å². The highest BCUT2D eigenvalue weighted by Crippen LogP contribution is 2.18. The van der Waals surface area contributed by atoms with Gasteiger partial charge in [-0.2, -0.15) is 0 Å². The van der Waals surface area contributed by atoms with Gasteiger partial charge in [0.2, 0.25) is 5.91 Å². The van der Waals surface area contributed by atoms with E-state index in [4.69, 9.17) is 15.8 Å². The maximum Gasteiger partial charge on any atom is 0.488 e. The summed E-state index contributed by atoms with van der Waals surface area (Å²) in [5, 5.41) is 19.1. The molecule has 0 radical (unpaired) electrons. The van der Waals surface area contributed by atoms with Crippen molar-refractivity contribution in [2.45, 2.75) is 6.54 Å². The lowest BCUT2D eigenvalue weighted by molar-refractivity contribution is 0.100. The summed E-state index contributed by atoms with van der Waals surface area (Å²) >= 11 is 0.